The van der Waals surface area contributed by atoms with Crippen molar-refractivity contribution in [3.8, 4) is 0 Å². The fraction of sp³-hybridized carbons (Fsp3) is 0.500. The van der Waals surface area contributed by atoms with E-state index in [2.05, 4.69) is 15.9 Å². The maximum atomic E-state index is 11.0. The number of benzene rings is 1. The van der Waals surface area contributed by atoms with Gasteiger partial charge in [-0.05, 0) is 18.9 Å². The monoisotopic (exact) mass is 301 g/mol. The molecule has 1 rings (SSSR count). The van der Waals surface area contributed by atoms with Crippen LogP contribution in [0.3, 0.4) is 0 Å². The van der Waals surface area contributed by atoms with Gasteiger partial charge in [-0.1, -0.05) is 35.8 Å². The molecule has 0 radical (unpaired) electrons. The number of aliphatic hydroxyl groups excluding tert-OH is 1. The summed E-state index contributed by atoms with van der Waals surface area (Å²) in [6.07, 6.45) is -0.616. The van der Waals surface area contributed by atoms with Crippen molar-refractivity contribution in [1.82, 2.24) is 0 Å². The largest absolute Gasteiger partial charge is 0.393 e. The van der Waals surface area contributed by atoms with Crippen LogP contribution in [0.2, 0.25) is 0 Å². The molecule has 1 N–H and O–H groups in total. The van der Waals surface area contributed by atoms with Crippen LogP contribution in [0.15, 0.2) is 22.7 Å². The quantitative estimate of drug-likeness (QED) is 0.684. The Kier molecular flexibility index (Phi) is 4.65. The Morgan fingerprint density at radius 3 is 2.35 bits per heavy atom. The lowest BCUT2D eigenvalue weighted by Crippen LogP contribution is -2.21. The van der Waals surface area contributed by atoms with Crippen LogP contribution >= 0.6 is 15.9 Å². The van der Waals surface area contributed by atoms with E-state index in [1.54, 1.807) is 19.1 Å². The molecule has 0 heterocycles. The first-order valence-electron chi connectivity index (χ1n) is 5.46. The number of aliphatic hydroxyl groups is 1. The van der Waals surface area contributed by atoms with Gasteiger partial charge in [-0.2, -0.15) is 0 Å². The van der Waals surface area contributed by atoms with Gasteiger partial charge in [0, 0.05) is 22.0 Å². The second kappa shape index (κ2) is 5.60. The Hall–Kier alpha value is -0.940. The van der Waals surface area contributed by atoms with E-state index >= 15 is 0 Å². The highest BCUT2D eigenvalue weighted by molar-refractivity contribution is 9.10. The van der Waals surface area contributed by atoms with Crippen LogP contribution in [-0.4, -0.2) is 16.1 Å². The summed E-state index contributed by atoms with van der Waals surface area (Å²) in [4.78, 5) is 10.6. The van der Waals surface area contributed by atoms with E-state index in [1.165, 1.54) is 6.07 Å². The SMILES string of the molecule is CC(C)C(c1ccc(Br)cc1[N+](=O)[O-])C(C)O. The lowest BCUT2D eigenvalue weighted by molar-refractivity contribution is -0.386. The Labute approximate surface area is 109 Å². The van der Waals surface area contributed by atoms with Crippen LogP contribution in [-0.2, 0) is 0 Å². The van der Waals surface area contributed by atoms with Crippen molar-refractivity contribution < 1.29 is 10.0 Å². The Morgan fingerprint density at radius 2 is 1.94 bits per heavy atom. The third kappa shape index (κ3) is 3.26. The normalized spacial score (nSPS) is 14.7. The maximum Gasteiger partial charge on any atom is 0.274 e. The Balaban J connectivity index is 3.32. The van der Waals surface area contributed by atoms with Gasteiger partial charge in [0.15, 0.2) is 0 Å². The molecule has 94 valence electrons. The van der Waals surface area contributed by atoms with E-state index < -0.39 is 11.0 Å². The summed E-state index contributed by atoms with van der Waals surface area (Å²) < 4.78 is 0.668. The van der Waals surface area contributed by atoms with Crippen LogP contribution in [0, 0.1) is 16.0 Å². The van der Waals surface area contributed by atoms with Gasteiger partial charge in [-0.25, -0.2) is 0 Å². The summed E-state index contributed by atoms with van der Waals surface area (Å²) >= 11 is 3.22. The van der Waals surface area contributed by atoms with Crippen LogP contribution in [0.25, 0.3) is 0 Å². The van der Waals surface area contributed by atoms with Gasteiger partial charge in [-0.3, -0.25) is 10.1 Å². The summed E-state index contributed by atoms with van der Waals surface area (Å²) in [5.74, 6) is -0.0987. The van der Waals surface area contributed by atoms with Gasteiger partial charge in [0.25, 0.3) is 5.69 Å². The smallest absolute Gasteiger partial charge is 0.274 e. The molecule has 0 aliphatic rings. The first-order valence-corrected chi connectivity index (χ1v) is 6.25. The van der Waals surface area contributed by atoms with E-state index in [0.717, 1.165) is 0 Å². The van der Waals surface area contributed by atoms with Gasteiger partial charge in [0.1, 0.15) is 0 Å². The molecule has 0 bridgehead atoms. The Bertz CT molecular complexity index is 410. The number of hydrogen-bond acceptors (Lipinski definition) is 3. The number of halogens is 1. The lowest BCUT2D eigenvalue weighted by atomic mass is 9.84. The molecule has 1 aromatic carbocycles. The molecule has 0 amide bonds. The van der Waals surface area contributed by atoms with Crippen molar-refractivity contribution in [2.45, 2.75) is 32.8 Å². The van der Waals surface area contributed by atoms with E-state index in [0.29, 0.717) is 10.0 Å². The summed E-state index contributed by atoms with van der Waals surface area (Å²) in [6, 6.07) is 4.95. The van der Waals surface area contributed by atoms with Crippen molar-refractivity contribution in [3.63, 3.8) is 0 Å². The average molecular weight is 302 g/mol. The number of nitro benzene ring substituents is 1. The second-order valence-corrected chi connectivity index (χ2v) is 5.39. The molecule has 0 aliphatic carbocycles. The van der Waals surface area contributed by atoms with Crippen molar-refractivity contribution in [3.05, 3.63) is 38.3 Å². The molecule has 0 saturated carbocycles. The van der Waals surface area contributed by atoms with E-state index in [4.69, 9.17) is 0 Å². The zero-order chi connectivity index (χ0) is 13.2. The molecular weight excluding hydrogens is 286 g/mol. The minimum absolute atomic E-state index is 0.0546. The number of nitrogens with zero attached hydrogens (tertiary/aromatic N) is 1. The molecule has 1 aromatic rings. The zero-order valence-corrected chi connectivity index (χ0v) is 11.6. The molecule has 5 heteroatoms. The second-order valence-electron chi connectivity index (χ2n) is 4.47. The minimum Gasteiger partial charge on any atom is -0.393 e. The summed E-state index contributed by atoms with van der Waals surface area (Å²) in [5, 5.41) is 20.8. The molecule has 4 nitrogen and oxygen atoms in total. The lowest BCUT2D eigenvalue weighted by Gasteiger charge is -2.24. The summed E-state index contributed by atoms with van der Waals surface area (Å²) in [5.41, 5.74) is 0.641. The van der Waals surface area contributed by atoms with Crippen LogP contribution in [0.5, 0.6) is 0 Å². The zero-order valence-electron chi connectivity index (χ0n) is 10.1. The van der Waals surface area contributed by atoms with Crippen LogP contribution in [0.4, 0.5) is 5.69 Å². The van der Waals surface area contributed by atoms with Gasteiger partial charge >= 0.3 is 0 Å². The number of rotatable bonds is 4. The predicted octanol–water partition coefficient (Wildman–Crippen LogP) is 3.48. The third-order valence-corrected chi connectivity index (χ3v) is 3.28. The first kappa shape index (κ1) is 14.1. The molecule has 2 atom stereocenters. The highest BCUT2D eigenvalue weighted by atomic mass is 79.9. The van der Waals surface area contributed by atoms with Gasteiger partial charge in [0.05, 0.1) is 11.0 Å². The molecule has 0 aromatic heterocycles. The van der Waals surface area contributed by atoms with Crippen LogP contribution < -0.4 is 0 Å². The molecule has 0 saturated heterocycles. The first-order chi connectivity index (χ1) is 7.84. The molecule has 0 spiro atoms. The van der Waals surface area contributed by atoms with Gasteiger partial charge in [-0.15, -0.1) is 0 Å². The van der Waals surface area contributed by atoms with Gasteiger partial charge < -0.3 is 5.11 Å². The molecule has 2 unspecified atom stereocenters. The molecule has 0 aliphatic heterocycles. The van der Waals surface area contributed by atoms with E-state index in [9.17, 15) is 15.2 Å². The average Bonchev–Trinajstić information content (AvgIpc) is 2.19. The Morgan fingerprint density at radius 1 is 1.35 bits per heavy atom. The highest BCUT2D eigenvalue weighted by Gasteiger charge is 2.28. The number of nitro groups is 1. The van der Waals surface area contributed by atoms with Crippen molar-refractivity contribution >= 4 is 21.6 Å². The topological polar surface area (TPSA) is 63.4 Å². The highest BCUT2D eigenvalue weighted by Crippen LogP contribution is 2.35. The standard InChI is InChI=1S/C12H16BrNO3/c1-7(2)12(8(3)15)10-5-4-9(13)6-11(10)14(16)17/h4-8,12,15H,1-3H3. The maximum absolute atomic E-state index is 11.0. The van der Waals surface area contributed by atoms with E-state index in [-0.39, 0.29) is 17.5 Å². The fourth-order valence-corrected chi connectivity index (χ4v) is 2.48. The van der Waals surface area contributed by atoms with Crippen molar-refractivity contribution in [1.29, 1.82) is 0 Å². The summed E-state index contributed by atoms with van der Waals surface area (Å²) in [7, 11) is 0. The van der Waals surface area contributed by atoms with Crippen molar-refractivity contribution in [2.75, 3.05) is 0 Å². The molecular formula is C12H16BrNO3. The third-order valence-electron chi connectivity index (χ3n) is 2.79. The van der Waals surface area contributed by atoms with Crippen molar-refractivity contribution in [2.24, 2.45) is 5.92 Å². The predicted molar refractivity (Wildman–Crippen MR) is 70.1 cm³/mol. The molecule has 17 heavy (non-hydrogen) atoms. The summed E-state index contributed by atoms with van der Waals surface area (Å²) in [6.45, 7) is 5.56. The van der Waals surface area contributed by atoms with Gasteiger partial charge in [0.2, 0.25) is 0 Å². The number of hydrogen-bond donors (Lipinski definition) is 1. The fourth-order valence-electron chi connectivity index (χ4n) is 2.13. The van der Waals surface area contributed by atoms with Crippen LogP contribution in [0.1, 0.15) is 32.3 Å². The van der Waals surface area contributed by atoms with E-state index in [1.807, 2.05) is 13.8 Å². The molecule has 0 fully saturated rings. The minimum atomic E-state index is -0.616.